The number of esters is 1. The van der Waals surface area contributed by atoms with E-state index in [1.165, 1.54) is 18.2 Å². The predicted octanol–water partition coefficient (Wildman–Crippen LogP) is 4.11. The third-order valence-corrected chi connectivity index (χ3v) is 4.58. The number of benzene rings is 3. The lowest BCUT2D eigenvalue weighted by Crippen LogP contribution is -2.31. The van der Waals surface area contributed by atoms with Crippen molar-refractivity contribution in [1.82, 2.24) is 5.32 Å². The van der Waals surface area contributed by atoms with Crippen LogP contribution in [0.4, 0.5) is 5.69 Å². The number of carbonyl (C=O) groups is 2. The lowest BCUT2D eigenvalue weighted by Gasteiger charge is -2.16. The van der Waals surface area contributed by atoms with E-state index < -0.39 is 5.97 Å². The summed E-state index contributed by atoms with van der Waals surface area (Å²) in [5.41, 5.74) is 7.19. The summed E-state index contributed by atoms with van der Waals surface area (Å²) in [7, 11) is 0. The molecular weight excluding hydrogens is 364 g/mol. The first kappa shape index (κ1) is 18.7. The van der Waals surface area contributed by atoms with Crippen LogP contribution >= 0.6 is 11.6 Å². The summed E-state index contributed by atoms with van der Waals surface area (Å²) < 4.78 is 5.06. The minimum atomic E-state index is -0.633. The summed E-state index contributed by atoms with van der Waals surface area (Å²) >= 11 is 5.83. The van der Waals surface area contributed by atoms with Gasteiger partial charge in [-0.3, -0.25) is 4.79 Å². The van der Waals surface area contributed by atoms with E-state index in [4.69, 9.17) is 22.1 Å². The molecule has 0 aromatic heterocycles. The SMILES string of the molecule is CC(NC(=O)COC(=O)c1ccc(Cl)c(N)c1)c1cccc2ccccc12. The van der Waals surface area contributed by atoms with Gasteiger partial charge in [-0.1, -0.05) is 54.1 Å². The predicted molar refractivity (Wildman–Crippen MR) is 107 cm³/mol. The smallest absolute Gasteiger partial charge is 0.338 e. The summed E-state index contributed by atoms with van der Waals surface area (Å²) in [6.07, 6.45) is 0. The molecule has 5 nitrogen and oxygen atoms in total. The van der Waals surface area contributed by atoms with Crippen molar-refractivity contribution in [1.29, 1.82) is 0 Å². The quantitative estimate of drug-likeness (QED) is 0.514. The number of nitrogens with two attached hydrogens (primary N) is 1. The number of ether oxygens (including phenoxy) is 1. The molecule has 3 aromatic rings. The van der Waals surface area contributed by atoms with Gasteiger partial charge in [-0.25, -0.2) is 4.79 Å². The van der Waals surface area contributed by atoms with E-state index in [0.29, 0.717) is 5.02 Å². The van der Waals surface area contributed by atoms with Gasteiger partial charge >= 0.3 is 5.97 Å². The van der Waals surface area contributed by atoms with E-state index in [0.717, 1.165) is 16.3 Å². The van der Waals surface area contributed by atoms with E-state index in [9.17, 15) is 9.59 Å². The van der Waals surface area contributed by atoms with E-state index in [-0.39, 0.29) is 29.8 Å². The summed E-state index contributed by atoms with van der Waals surface area (Å²) in [5.74, 6) is -1.02. The van der Waals surface area contributed by atoms with E-state index >= 15 is 0 Å². The van der Waals surface area contributed by atoms with Crippen LogP contribution in [0.2, 0.25) is 5.02 Å². The number of nitrogens with one attached hydrogen (secondary N) is 1. The molecule has 6 heteroatoms. The average Bonchev–Trinajstić information content (AvgIpc) is 2.67. The van der Waals surface area contributed by atoms with Crippen molar-refractivity contribution in [2.24, 2.45) is 0 Å². The summed E-state index contributed by atoms with van der Waals surface area (Å²) in [6, 6.07) is 18.1. The van der Waals surface area contributed by atoms with Gasteiger partial charge in [-0.05, 0) is 41.5 Å². The number of anilines is 1. The Kier molecular flexibility index (Phi) is 5.62. The highest BCUT2D eigenvalue weighted by Crippen LogP contribution is 2.24. The molecule has 3 aromatic carbocycles. The van der Waals surface area contributed by atoms with Gasteiger partial charge < -0.3 is 15.8 Å². The fraction of sp³-hybridized carbons (Fsp3) is 0.143. The fourth-order valence-corrected chi connectivity index (χ4v) is 2.99. The number of halogens is 1. The Bertz CT molecular complexity index is 998. The summed E-state index contributed by atoms with van der Waals surface area (Å²) in [4.78, 5) is 24.2. The molecule has 1 atom stereocenters. The second kappa shape index (κ2) is 8.10. The minimum Gasteiger partial charge on any atom is -0.452 e. The van der Waals surface area contributed by atoms with Gasteiger partial charge in [0.25, 0.3) is 5.91 Å². The molecule has 0 bridgehead atoms. The molecule has 0 radical (unpaired) electrons. The van der Waals surface area contributed by atoms with Crippen LogP contribution in [0.15, 0.2) is 60.7 Å². The van der Waals surface area contributed by atoms with Gasteiger partial charge in [0.15, 0.2) is 6.61 Å². The zero-order chi connectivity index (χ0) is 19.4. The number of fused-ring (bicyclic) bond motifs is 1. The van der Waals surface area contributed by atoms with Gasteiger partial charge in [-0.15, -0.1) is 0 Å². The first-order valence-corrected chi connectivity index (χ1v) is 8.82. The van der Waals surface area contributed by atoms with Gasteiger partial charge in [0, 0.05) is 0 Å². The van der Waals surface area contributed by atoms with Crippen molar-refractivity contribution < 1.29 is 14.3 Å². The maximum atomic E-state index is 12.2. The van der Waals surface area contributed by atoms with Crippen LogP contribution < -0.4 is 11.1 Å². The van der Waals surface area contributed by atoms with Crippen LogP contribution in [0.25, 0.3) is 10.8 Å². The van der Waals surface area contributed by atoms with Crippen LogP contribution in [-0.2, 0) is 9.53 Å². The highest BCUT2D eigenvalue weighted by atomic mass is 35.5. The lowest BCUT2D eigenvalue weighted by atomic mass is 10.00. The molecule has 0 fully saturated rings. The van der Waals surface area contributed by atoms with Gasteiger partial charge in [0.2, 0.25) is 0 Å². The van der Waals surface area contributed by atoms with E-state index in [2.05, 4.69) is 5.32 Å². The van der Waals surface area contributed by atoms with Gasteiger partial charge in [0.05, 0.1) is 22.3 Å². The molecule has 0 saturated heterocycles. The topological polar surface area (TPSA) is 81.4 Å². The number of amides is 1. The van der Waals surface area contributed by atoms with E-state index in [1.54, 1.807) is 0 Å². The van der Waals surface area contributed by atoms with E-state index in [1.807, 2.05) is 49.4 Å². The average molecular weight is 383 g/mol. The maximum Gasteiger partial charge on any atom is 0.338 e. The van der Waals surface area contributed by atoms with Crippen molar-refractivity contribution in [2.45, 2.75) is 13.0 Å². The number of nitrogen functional groups attached to an aromatic ring is 1. The molecule has 0 aliphatic rings. The lowest BCUT2D eigenvalue weighted by molar-refractivity contribution is -0.124. The monoisotopic (exact) mass is 382 g/mol. The first-order valence-electron chi connectivity index (χ1n) is 8.45. The zero-order valence-corrected chi connectivity index (χ0v) is 15.5. The molecule has 27 heavy (non-hydrogen) atoms. The van der Waals surface area contributed by atoms with Gasteiger partial charge in [-0.2, -0.15) is 0 Å². The molecule has 3 rings (SSSR count). The molecule has 3 N–H and O–H groups in total. The van der Waals surface area contributed by atoms with Crippen LogP contribution in [0.1, 0.15) is 28.9 Å². The standard InChI is InChI=1S/C21H19ClN2O3/c1-13(16-8-4-6-14-5-2-3-7-17(14)16)24-20(25)12-27-21(26)15-9-10-18(22)19(23)11-15/h2-11,13H,12,23H2,1H3,(H,24,25). The molecule has 0 heterocycles. The molecule has 0 spiro atoms. The molecule has 1 amide bonds. The van der Waals surface area contributed by atoms with Crippen molar-refractivity contribution in [3.8, 4) is 0 Å². The van der Waals surface area contributed by atoms with Crippen LogP contribution in [0.3, 0.4) is 0 Å². The van der Waals surface area contributed by atoms with Crippen LogP contribution in [-0.4, -0.2) is 18.5 Å². The largest absolute Gasteiger partial charge is 0.452 e. The van der Waals surface area contributed by atoms with Crippen molar-refractivity contribution >= 4 is 39.9 Å². The van der Waals surface area contributed by atoms with Gasteiger partial charge in [0.1, 0.15) is 0 Å². The summed E-state index contributed by atoms with van der Waals surface area (Å²) in [5, 5.41) is 5.38. The van der Waals surface area contributed by atoms with Crippen molar-refractivity contribution in [2.75, 3.05) is 12.3 Å². The molecule has 138 valence electrons. The number of carbonyl (C=O) groups excluding carboxylic acids is 2. The molecule has 0 aliphatic heterocycles. The third-order valence-electron chi connectivity index (χ3n) is 4.23. The second-order valence-electron chi connectivity index (χ2n) is 6.17. The highest BCUT2D eigenvalue weighted by Gasteiger charge is 2.15. The Labute approximate surface area is 162 Å². The van der Waals surface area contributed by atoms with Crippen molar-refractivity contribution in [3.05, 3.63) is 76.8 Å². The molecule has 0 aliphatic carbocycles. The second-order valence-corrected chi connectivity index (χ2v) is 6.58. The Morgan fingerprint density at radius 2 is 1.85 bits per heavy atom. The Morgan fingerprint density at radius 3 is 2.63 bits per heavy atom. The normalized spacial score (nSPS) is 11.8. The van der Waals surface area contributed by atoms with Crippen molar-refractivity contribution in [3.63, 3.8) is 0 Å². The Hall–Kier alpha value is -3.05. The number of hydrogen-bond acceptors (Lipinski definition) is 4. The Morgan fingerprint density at radius 1 is 1.11 bits per heavy atom. The molecule has 1 unspecified atom stereocenters. The number of rotatable bonds is 5. The highest BCUT2D eigenvalue weighted by molar-refractivity contribution is 6.33. The first-order chi connectivity index (χ1) is 13.0. The summed E-state index contributed by atoms with van der Waals surface area (Å²) in [6.45, 7) is 1.51. The molecular formula is C21H19ClN2O3. The zero-order valence-electron chi connectivity index (χ0n) is 14.7. The molecule has 0 saturated carbocycles. The van der Waals surface area contributed by atoms with Crippen LogP contribution in [0.5, 0.6) is 0 Å². The maximum absolute atomic E-state index is 12.2. The van der Waals surface area contributed by atoms with Crippen LogP contribution in [0, 0.1) is 0 Å². The third kappa shape index (κ3) is 4.38. The number of hydrogen-bond donors (Lipinski definition) is 2. The fourth-order valence-electron chi connectivity index (χ4n) is 2.87. The minimum absolute atomic E-state index is 0.228. The Balaban J connectivity index is 1.61.